The molecule has 0 bridgehead atoms. The van der Waals surface area contributed by atoms with Crippen molar-refractivity contribution in [3.8, 4) is 0 Å². The summed E-state index contributed by atoms with van der Waals surface area (Å²) in [4.78, 5) is 35.5. The number of hydrogen-bond acceptors (Lipinski definition) is 7. The molecule has 0 aliphatic carbocycles. The summed E-state index contributed by atoms with van der Waals surface area (Å²) < 4.78 is 10.8. The van der Waals surface area contributed by atoms with Crippen LogP contribution in [0, 0.1) is 0 Å². The molecule has 0 aromatic heterocycles. The highest BCUT2D eigenvalue weighted by Gasteiger charge is 2.22. The Hall–Kier alpha value is -1.42. The molecule has 0 radical (unpaired) electrons. The Balaban J connectivity index is 2.11. The summed E-state index contributed by atoms with van der Waals surface area (Å²) in [6, 6.07) is 0. The van der Waals surface area contributed by atoms with Crippen LogP contribution in [0.4, 0.5) is 0 Å². The molecule has 9 heteroatoms. The van der Waals surface area contributed by atoms with Gasteiger partial charge in [0.25, 0.3) is 11.8 Å². The standard InChI is InChI=1S/C16H26N2O6S/c1-3-12(10-19)24-16(23-2)11-25-9-6-13(20)17-7-8-18-14(21)4-5-15(18)22/h4-5,12,16,19H,3,6-11H2,1-2H3,(H,17,20). The number of aliphatic hydroxyl groups excluding tert-OH is 1. The second-order valence-electron chi connectivity index (χ2n) is 5.35. The van der Waals surface area contributed by atoms with Gasteiger partial charge < -0.3 is 19.9 Å². The fraction of sp³-hybridized carbons (Fsp3) is 0.688. The lowest BCUT2D eigenvalue weighted by molar-refractivity contribution is -0.151. The van der Waals surface area contributed by atoms with Crippen molar-refractivity contribution in [1.82, 2.24) is 10.2 Å². The zero-order valence-electron chi connectivity index (χ0n) is 14.6. The Morgan fingerprint density at radius 2 is 2.04 bits per heavy atom. The monoisotopic (exact) mass is 374 g/mol. The van der Waals surface area contributed by atoms with E-state index in [0.717, 1.165) is 4.90 Å². The van der Waals surface area contributed by atoms with Crippen LogP contribution >= 0.6 is 11.8 Å². The van der Waals surface area contributed by atoms with Crippen LogP contribution in [-0.2, 0) is 23.9 Å². The minimum absolute atomic E-state index is 0.0546. The Kier molecular flexibility index (Phi) is 10.4. The second kappa shape index (κ2) is 12.0. The van der Waals surface area contributed by atoms with E-state index in [1.165, 1.54) is 31.0 Å². The highest BCUT2D eigenvalue weighted by molar-refractivity contribution is 7.99. The van der Waals surface area contributed by atoms with Gasteiger partial charge in [-0.2, -0.15) is 11.8 Å². The van der Waals surface area contributed by atoms with E-state index in [0.29, 0.717) is 24.3 Å². The van der Waals surface area contributed by atoms with E-state index in [1.54, 1.807) is 0 Å². The molecule has 0 saturated heterocycles. The number of amides is 3. The van der Waals surface area contributed by atoms with Gasteiger partial charge in [-0.05, 0) is 6.42 Å². The van der Waals surface area contributed by atoms with Crippen LogP contribution in [-0.4, -0.2) is 78.4 Å². The van der Waals surface area contributed by atoms with Gasteiger partial charge in [0.1, 0.15) is 0 Å². The van der Waals surface area contributed by atoms with Crippen LogP contribution < -0.4 is 5.32 Å². The number of aliphatic hydroxyl groups is 1. The summed E-state index contributed by atoms with van der Waals surface area (Å²) in [7, 11) is 1.54. The fourth-order valence-electron chi connectivity index (χ4n) is 2.04. The van der Waals surface area contributed by atoms with Crippen LogP contribution in [0.15, 0.2) is 12.2 Å². The number of carbonyl (C=O) groups is 3. The zero-order chi connectivity index (χ0) is 18.7. The maximum absolute atomic E-state index is 11.7. The summed E-state index contributed by atoms with van der Waals surface area (Å²) in [5.41, 5.74) is 0. The molecule has 1 rings (SSSR count). The molecule has 0 spiro atoms. The van der Waals surface area contributed by atoms with Crippen LogP contribution in [0.3, 0.4) is 0 Å². The van der Waals surface area contributed by atoms with Crippen molar-refractivity contribution in [3.63, 3.8) is 0 Å². The molecule has 2 unspecified atom stereocenters. The molecule has 0 aromatic rings. The third-order valence-corrected chi connectivity index (χ3v) is 4.55. The molecule has 25 heavy (non-hydrogen) atoms. The van der Waals surface area contributed by atoms with Gasteiger partial charge in [0.15, 0.2) is 6.29 Å². The first-order valence-corrected chi connectivity index (χ1v) is 9.34. The average Bonchev–Trinajstić information content (AvgIpc) is 2.93. The summed E-state index contributed by atoms with van der Waals surface area (Å²) in [6.07, 6.45) is 2.77. The molecule has 0 aromatic carbocycles. The molecule has 2 atom stereocenters. The molecule has 2 N–H and O–H groups in total. The number of thioether (sulfide) groups is 1. The molecular formula is C16H26N2O6S. The van der Waals surface area contributed by atoms with E-state index < -0.39 is 6.29 Å². The first-order valence-electron chi connectivity index (χ1n) is 8.18. The van der Waals surface area contributed by atoms with Gasteiger partial charge in [0.2, 0.25) is 5.91 Å². The lowest BCUT2D eigenvalue weighted by Crippen LogP contribution is -2.38. The SMILES string of the molecule is CCC(CO)OC(CSCCC(=O)NCCN1C(=O)C=CC1=O)OC. The molecule has 3 amide bonds. The number of hydrogen-bond donors (Lipinski definition) is 2. The Morgan fingerprint density at radius 3 is 2.60 bits per heavy atom. The lowest BCUT2D eigenvalue weighted by Gasteiger charge is -2.21. The average molecular weight is 374 g/mol. The topological polar surface area (TPSA) is 105 Å². The van der Waals surface area contributed by atoms with Crippen molar-refractivity contribution in [2.24, 2.45) is 0 Å². The minimum Gasteiger partial charge on any atom is -0.394 e. The van der Waals surface area contributed by atoms with Crippen molar-refractivity contribution in [2.75, 3.05) is 38.3 Å². The third-order valence-electron chi connectivity index (χ3n) is 3.55. The van der Waals surface area contributed by atoms with Crippen LogP contribution in [0.1, 0.15) is 19.8 Å². The third kappa shape index (κ3) is 8.00. The van der Waals surface area contributed by atoms with E-state index in [1.807, 2.05) is 6.92 Å². The van der Waals surface area contributed by atoms with Crippen molar-refractivity contribution in [1.29, 1.82) is 0 Å². The van der Waals surface area contributed by atoms with E-state index in [-0.39, 0.29) is 43.5 Å². The fourth-order valence-corrected chi connectivity index (χ4v) is 2.94. The largest absolute Gasteiger partial charge is 0.394 e. The number of nitrogens with one attached hydrogen (secondary N) is 1. The lowest BCUT2D eigenvalue weighted by atomic mass is 10.3. The van der Waals surface area contributed by atoms with Gasteiger partial charge >= 0.3 is 0 Å². The number of imide groups is 1. The van der Waals surface area contributed by atoms with Crippen molar-refractivity contribution >= 4 is 29.5 Å². The van der Waals surface area contributed by atoms with E-state index in [9.17, 15) is 14.4 Å². The Bertz CT molecular complexity index is 463. The highest BCUT2D eigenvalue weighted by Crippen LogP contribution is 2.11. The normalized spacial score (nSPS) is 16.4. The molecule has 0 saturated carbocycles. The summed E-state index contributed by atoms with van der Waals surface area (Å²) in [5.74, 6) is 0.301. The maximum Gasteiger partial charge on any atom is 0.253 e. The molecule has 142 valence electrons. The van der Waals surface area contributed by atoms with Gasteiger partial charge in [-0.3, -0.25) is 19.3 Å². The molecule has 1 aliphatic rings. The van der Waals surface area contributed by atoms with Crippen molar-refractivity contribution < 1.29 is 29.0 Å². The van der Waals surface area contributed by atoms with Gasteiger partial charge in [-0.25, -0.2) is 0 Å². The Labute approximate surface area is 151 Å². The zero-order valence-corrected chi connectivity index (χ0v) is 15.4. The summed E-state index contributed by atoms with van der Waals surface area (Å²) >= 11 is 1.52. The number of rotatable bonds is 13. The van der Waals surface area contributed by atoms with Gasteiger partial charge in [-0.1, -0.05) is 6.92 Å². The van der Waals surface area contributed by atoms with Gasteiger partial charge in [-0.15, -0.1) is 0 Å². The van der Waals surface area contributed by atoms with Crippen molar-refractivity contribution in [3.05, 3.63) is 12.2 Å². The van der Waals surface area contributed by atoms with Gasteiger partial charge in [0, 0.05) is 50.3 Å². The molecule has 1 heterocycles. The van der Waals surface area contributed by atoms with Crippen LogP contribution in [0.5, 0.6) is 0 Å². The van der Waals surface area contributed by atoms with Crippen LogP contribution in [0.2, 0.25) is 0 Å². The van der Waals surface area contributed by atoms with Crippen LogP contribution in [0.25, 0.3) is 0 Å². The first kappa shape index (κ1) is 21.6. The maximum atomic E-state index is 11.7. The number of methoxy groups -OCH3 is 1. The predicted molar refractivity (Wildman–Crippen MR) is 93.9 cm³/mol. The minimum atomic E-state index is -0.426. The van der Waals surface area contributed by atoms with Gasteiger partial charge in [0.05, 0.1) is 12.7 Å². The Morgan fingerprint density at radius 1 is 1.36 bits per heavy atom. The second-order valence-corrected chi connectivity index (χ2v) is 6.50. The highest BCUT2D eigenvalue weighted by atomic mass is 32.2. The van der Waals surface area contributed by atoms with E-state index >= 15 is 0 Å². The van der Waals surface area contributed by atoms with E-state index in [2.05, 4.69) is 5.32 Å². The van der Waals surface area contributed by atoms with E-state index in [4.69, 9.17) is 14.6 Å². The molecule has 1 aliphatic heterocycles. The first-order chi connectivity index (χ1) is 12.0. The number of ether oxygens (including phenoxy) is 2. The summed E-state index contributed by atoms with van der Waals surface area (Å²) in [6.45, 7) is 2.27. The molecule has 8 nitrogen and oxygen atoms in total. The van der Waals surface area contributed by atoms with Crippen molar-refractivity contribution in [2.45, 2.75) is 32.2 Å². The number of nitrogens with zero attached hydrogens (tertiary/aromatic N) is 1. The summed E-state index contributed by atoms with van der Waals surface area (Å²) in [5, 5.41) is 11.8. The predicted octanol–water partition coefficient (Wildman–Crippen LogP) is -0.0891. The molecular weight excluding hydrogens is 348 g/mol. The quantitative estimate of drug-likeness (QED) is 0.264. The number of carbonyl (C=O) groups excluding carboxylic acids is 3. The smallest absolute Gasteiger partial charge is 0.253 e. The molecule has 0 fully saturated rings.